The molecule has 0 spiro atoms. The van der Waals surface area contributed by atoms with E-state index in [1.54, 1.807) is 0 Å². The van der Waals surface area contributed by atoms with E-state index in [1.807, 2.05) is 11.3 Å². The number of guanidine groups is 1. The molecule has 1 aromatic rings. The fourth-order valence-corrected chi connectivity index (χ4v) is 5.77. The Morgan fingerprint density at radius 2 is 2.07 bits per heavy atom. The number of aliphatic imine (C=N–C) groups is 1. The summed E-state index contributed by atoms with van der Waals surface area (Å²) in [4.78, 5) is 11.5. The summed E-state index contributed by atoms with van der Waals surface area (Å²) in [5.74, 6) is 1.56. The third kappa shape index (κ3) is 5.94. The van der Waals surface area contributed by atoms with Crippen molar-refractivity contribution in [1.82, 2.24) is 20.4 Å². The number of nitrogens with zero attached hydrogens (tertiary/aromatic N) is 3. The van der Waals surface area contributed by atoms with Crippen LogP contribution in [0.3, 0.4) is 0 Å². The predicted octanol–water partition coefficient (Wildman–Crippen LogP) is 3.56. The van der Waals surface area contributed by atoms with Crippen LogP contribution < -0.4 is 10.6 Å². The Kier molecular flexibility index (Phi) is 8.62. The minimum atomic E-state index is 0.508. The number of hydrogen-bond donors (Lipinski definition) is 2. The molecule has 1 aliphatic heterocycles. The fourth-order valence-electron chi connectivity index (χ4n) is 4.79. The van der Waals surface area contributed by atoms with Gasteiger partial charge in [-0.05, 0) is 70.6 Å². The molecular formula is C22H39N5S. The maximum absolute atomic E-state index is 4.98. The van der Waals surface area contributed by atoms with Crippen LogP contribution in [0.4, 0.5) is 0 Å². The van der Waals surface area contributed by atoms with E-state index < -0.39 is 0 Å². The number of likely N-dealkylation sites (tertiary alicyclic amines) is 1. The lowest BCUT2D eigenvalue weighted by Crippen LogP contribution is -2.43. The molecule has 5 nitrogen and oxygen atoms in total. The molecule has 2 aliphatic rings. The molecule has 2 atom stereocenters. The predicted molar refractivity (Wildman–Crippen MR) is 121 cm³/mol. The highest BCUT2D eigenvalue weighted by Gasteiger charge is 2.31. The molecular weight excluding hydrogens is 366 g/mol. The molecule has 2 heterocycles. The van der Waals surface area contributed by atoms with Crippen molar-refractivity contribution in [3.8, 4) is 0 Å². The summed E-state index contributed by atoms with van der Waals surface area (Å²) in [5, 5.41) is 9.20. The van der Waals surface area contributed by atoms with E-state index in [1.165, 1.54) is 49.9 Å². The lowest BCUT2D eigenvalue weighted by atomic mass is 9.88. The van der Waals surface area contributed by atoms with Gasteiger partial charge in [0.1, 0.15) is 0 Å². The molecule has 6 heteroatoms. The first-order valence-corrected chi connectivity index (χ1v) is 12.0. The van der Waals surface area contributed by atoms with Crippen LogP contribution in [-0.2, 0) is 0 Å². The van der Waals surface area contributed by atoms with Gasteiger partial charge in [0.15, 0.2) is 5.96 Å². The Hall–Kier alpha value is -1.11. The van der Waals surface area contributed by atoms with E-state index in [4.69, 9.17) is 4.99 Å². The normalized spacial score (nSPS) is 24.8. The summed E-state index contributed by atoms with van der Waals surface area (Å²) in [6.45, 7) is 7.17. The number of likely N-dealkylation sites (N-methyl/N-ethyl adjacent to an activating group) is 1. The number of nitrogens with one attached hydrogen (secondary N) is 2. The molecule has 0 amide bonds. The van der Waals surface area contributed by atoms with E-state index in [-0.39, 0.29) is 0 Å². The highest BCUT2D eigenvalue weighted by molar-refractivity contribution is 7.10. The van der Waals surface area contributed by atoms with Crippen molar-refractivity contribution in [1.29, 1.82) is 0 Å². The minimum Gasteiger partial charge on any atom is -0.357 e. The third-order valence-corrected chi connectivity index (χ3v) is 7.32. The van der Waals surface area contributed by atoms with Crippen molar-refractivity contribution in [3.05, 3.63) is 22.4 Å². The molecule has 1 saturated carbocycles. The second-order valence-corrected chi connectivity index (χ2v) is 9.39. The second-order valence-electron chi connectivity index (χ2n) is 8.41. The van der Waals surface area contributed by atoms with Gasteiger partial charge in [0.2, 0.25) is 0 Å². The molecule has 3 rings (SSSR count). The van der Waals surface area contributed by atoms with Crippen LogP contribution in [0, 0.1) is 5.92 Å². The highest BCUT2D eigenvalue weighted by atomic mass is 32.1. The maximum Gasteiger partial charge on any atom is 0.191 e. The summed E-state index contributed by atoms with van der Waals surface area (Å²) < 4.78 is 0. The number of thiophene rings is 1. The van der Waals surface area contributed by atoms with Crippen LogP contribution in [0.1, 0.15) is 56.4 Å². The first-order valence-electron chi connectivity index (χ1n) is 11.1. The molecule has 2 unspecified atom stereocenters. The Morgan fingerprint density at radius 3 is 2.79 bits per heavy atom. The van der Waals surface area contributed by atoms with Crippen molar-refractivity contribution in [2.75, 3.05) is 46.8 Å². The van der Waals surface area contributed by atoms with Gasteiger partial charge < -0.3 is 15.5 Å². The van der Waals surface area contributed by atoms with Gasteiger partial charge in [0.25, 0.3) is 0 Å². The Balaban J connectivity index is 1.53. The molecule has 2 N–H and O–H groups in total. The van der Waals surface area contributed by atoms with E-state index in [2.05, 4.69) is 59.0 Å². The first-order chi connectivity index (χ1) is 13.7. The van der Waals surface area contributed by atoms with Crippen LogP contribution in [0.2, 0.25) is 0 Å². The van der Waals surface area contributed by atoms with Crippen LogP contribution in [0.5, 0.6) is 0 Å². The number of hydrogen-bond acceptors (Lipinski definition) is 4. The van der Waals surface area contributed by atoms with Gasteiger partial charge >= 0.3 is 0 Å². The summed E-state index contributed by atoms with van der Waals surface area (Å²) in [5.41, 5.74) is 0. The summed E-state index contributed by atoms with van der Waals surface area (Å²) in [6, 6.07) is 5.75. The molecule has 0 bridgehead atoms. The molecule has 0 radical (unpaired) electrons. The van der Waals surface area contributed by atoms with E-state index in [0.29, 0.717) is 12.0 Å². The summed E-state index contributed by atoms with van der Waals surface area (Å²) in [7, 11) is 4.54. The maximum atomic E-state index is 4.98. The monoisotopic (exact) mass is 405 g/mol. The number of piperidine rings is 1. The second kappa shape index (κ2) is 11.2. The van der Waals surface area contributed by atoms with Crippen LogP contribution in [-0.4, -0.2) is 68.6 Å². The topological polar surface area (TPSA) is 42.9 Å². The van der Waals surface area contributed by atoms with E-state index in [9.17, 15) is 0 Å². The minimum absolute atomic E-state index is 0.508. The van der Waals surface area contributed by atoms with Gasteiger partial charge in [-0.15, -0.1) is 11.3 Å². The lowest BCUT2D eigenvalue weighted by molar-refractivity contribution is 0.128. The van der Waals surface area contributed by atoms with Crippen molar-refractivity contribution >= 4 is 17.3 Å². The summed E-state index contributed by atoms with van der Waals surface area (Å²) in [6.07, 6.45) is 8.06. The van der Waals surface area contributed by atoms with Gasteiger partial charge in [-0.1, -0.05) is 18.9 Å². The van der Waals surface area contributed by atoms with Crippen molar-refractivity contribution < 1.29 is 0 Å². The third-order valence-electron chi connectivity index (χ3n) is 6.37. The smallest absolute Gasteiger partial charge is 0.191 e. The molecule has 1 aromatic heterocycles. The van der Waals surface area contributed by atoms with E-state index >= 15 is 0 Å². The zero-order chi connectivity index (χ0) is 19.8. The van der Waals surface area contributed by atoms with Gasteiger partial charge in [0.05, 0.1) is 0 Å². The average Bonchev–Trinajstić information content (AvgIpc) is 3.40. The molecule has 1 saturated heterocycles. The van der Waals surface area contributed by atoms with Crippen molar-refractivity contribution in [2.45, 2.75) is 57.5 Å². The van der Waals surface area contributed by atoms with Gasteiger partial charge in [-0.3, -0.25) is 9.89 Å². The fraction of sp³-hybridized carbons (Fsp3) is 0.773. The van der Waals surface area contributed by atoms with Crippen LogP contribution >= 0.6 is 11.3 Å². The standard InChI is InChI=1S/C22H39N5S/c1-4-23-22(24-13-15-26(2)19-10-5-6-11-19)25-17-18-9-7-14-27(3)21(18)20-12-8-16-28-20/h8,12,16,18-19,21H,4-7,9-11,13-15,17H2,1-3H3,(H2,23,24,25). The Labute approximate surface area is 175 Å². The quantitative estimate of drug-likeness (QED) is 0.513. The Bertz CT molecular complexity index is 582. The lowest BCUT2D eigenvalue weighted by Gasteiger charge is -2.38. The van der Waals surface area contributed by atoms with Crippen molar-refractivity contribution in [2.24, 2.45) is 10.9 Å². The largest absolute Gasteiger partial charge is 0.357 e. The molecule has 2 fully saturated rings. The van der Waals surface area contributed by atoms with Gasteiger partial charge in [-0.25, -0.2) is 0 Å². The van der Waals surface area contributed by atoms with E-state index in [0.717, 1.165) is 38.2 Å². The zero-order valence-corrected chi connectivity index (χ0v) is 18.8. The first kappa shape index (κ1) is 21.6. The summed E-state index contributed by atoms with van der Waals surface area (Å²) >= 11 is 1.88. The molecule has 0 aromatic carbocycles. The van der Waals surface area contributed by atoms with Crippen molar-refractivity contribution in [3.63, 3.8) is 0 Å². The molecule has 158 valence electrons. The molecule has 1 aliphatic carbocycles. The average molecular weight is 406 g/mol. The molecule has 28 heavy (non-hydrogen) atoms. The van der Waals surface area contributed by atoms with Gasteiger partial charge in [0, 0.05) is 43.1 Å². The zero-order valence-electron chi connectivity index (χ0n) is 18.0. The highest BCUT2D eigenvalue weighted by Crippen LogP contribution is 2.37. The SMILES string of the molecule is CCNC(=NCC1CCCN(C)C1c1cccs1)NCCN(C)C1CCCC1. The Morgan fingerprint density at radius 1 is 1.25 bits per heavy atom. The van der Waals surface area contributed by atoms with Gasteiger partial charge in [-0.2, -0.15) is 0 Å². The van der Waals surface area contributed by atoms with Crippen LogP contribution in [0.15, 0.2) is 22.5 Å². The van der Waals surface area contributed by atoms with Crippen LogP contribution in [0.25, 0.3) is 0 Å². The number of rotatable bonds is 8.